The Kier molecular flexibility index (Phi) is 8.07. The van der Waals surface area contributed by atoms with E-state index < -0.39 is 15.9 Å². The third kappa shape index (κ3) is 6.34. The van der Waals surface area contributed by atoms with E-state index in [0.29, 0.717) is 24.4 Å². The summed E-state index contributed by atoms with van der Waals surface area (Å²) in [7, 11) is -3.43. The number of nitrogens with two attached hydrogens (primary N) is 1. The number of hydrogen-bond acceptors (Lipinski definition) is 5. The van der Waals surface area contributed by atoms with E-state index in [1.165, 1.54) is 6.42 Å². The second kappa shape index (κ2) is 11.3. The number of aromatic nitrogens is 1. The molecule has 1 aromatic heterocycles. The van der Waals surface area contributed by atoms with E-state index in [0.717, 1.165) is 91.8 Å². The second-order valence-electron chi connectivity index (χ2n) is 11.6. The number of likely N-dealkylation sites (tertiary alicyclic amines) is 1. The quantitative estimate of drug-likeness (QED) is 0.480. The fraction of sp³-hybridized carbons (Fsp3) is 0.552. The number of piperidine rings is 1. The molecule has 3 aliphatic rings. The van der Waals surface area contributed by atoms with Gasteiger partial charge in [-0.15, -0.1) is 4.36 Å². The Hall–Kier alpha value is -2.82. The van der Waals surface area contributed by atoms with Crippen LogP contribution in [-0.2, 0) is 45.8 Å². The molecule has 3 amide bonds. The Morgan fingerprint density at radius 2 is 1.79 bits per heavy atom. The number of hydrogen-bond donors (Lipinski definition) is 3. The molecule has 0 bridgehead atoms. The second-order valence-corrected chi connectivity index (χ2v) is 13.4. The molecule has 4 N–H and O–H groups in total. The summed E-state index contributed by atoms with van der Waals surface area (Å²) in [6.07, 6.45) is 8.79. The van der Waals surface area contributed by atoms with Crippen LogP contribution in [0.15, 0.2) is 33.5 Å². The number of carbonyl (C=O) groups is 2. The number of pyridine rings is 1. The summed E-state index contributed by atoms with van der Waals surface area (Å²) in [5, 5.41) is 12.0. The average Bonchev–Trinajstić information content (AvgIpc) is 3.49. The van der Waals surface area contributed by atoms with Crippen LogP contribution in [0.1, 0.15) is 74.0 Å². The number of rotatable bonds is 7. The Labute approximate surface area is 231 Å². The maximum atomic E-state index is 13.2. The molecule has 210 valence electrons. The summed E-state index contributed by atoms with van der Waals surface area (Å²) in [5.74, 6) is 0.0392. The van der Waals surface area contributed by atoms with E-state index in [1.54, 1.807) is 12.1 Å². The first-order valence-corrected chi connectivity index (χ1v) is 15.7. The predicted molar refractivity (Wildman–Crippen MR) is 153 cm³/mol. The van der Waals surface area contributed by atoms with Crippen molar-refractivity contribution in [3.8, 4) is 0 Å². The van der Waals surface area contributed by atoms with Crippen LogP contribution in [0.5, 0.6) is 0 Å². The van der Waals surface area contributed by atoms with Crippen molar-refractivity contribution in [3.05, 3.63) is 52.3 Å². The molecule has 9 nitrogen and oxygen atoms in total. The van der Waals surface area contributed by atoms with E-state index in [9.17, 15) is 13.8 Å². The van der Waals surface area contributed by atoms with Gasteiger partial charge in [-0.2, -0.15) is 0 Å². The number of fused-ring (bicyclic) bond motifs is 2. The van der Waals surface area contributed by atoms with Gasteiger partial charge in [0, 0.05) is 17.7 Å². The molecule has 1 atom stereocenters. The van der Waals surface area contributed by atoms with Crippen molar-refractivity contribution < 1.29 is 13.8 Å². The van der Waals surface area contributed by atoms with Crippen molar-refractivity contribution in [2.45, 2.75) is 81.9 Å². The van der Waals surface area contributed by atoms with E-state index in [1.807, 2.05) is 12.1 Å². The summed E-state index contributed by atoms with van der Waals surface area (Å²) >= 11 is 0. The largest absolute Gasteiger partial charge is 0.355 e. The van der Waals surface area contributed by atoms with Crippen LogP contribution in [0.3, 0.4) is 0 Å². The van der Waals surface area contributed by atoms with Gasteiger partial charge in [-0.3, -0.25) is 14.7 Å². The lowest BCUT2D eigenvalue weighted by atomic mass is 9.90. The molecule has 2 aliphatic carbocycles. The number of aryl methyl sites for hydroxylation is 1. The number of amides is 3. The third-order valence-corrected chi connectivity index (χ3v) is 9.61. The molecule has 0 radical (unpaired) electrons. The zero-order valence-electron chi connectivity index (χ0n) is 23.1. The van der Waals surface area contributed by atoms with Crippen molar-refractivity contribution in [1.82, 2.24) is 15.2 Å². The third-order valence-electron chi connectivity index (χ3n) is 8.23. The molecule has 1 aromatic carbocycles. The molecule has 0 spiro atoms. The van der Waals surface area contributed by atoms with Crippen molar-refractivity contribution in [3.63, 3.8) is 0 Å². The van der Waals surface area contributed by atoms with Gasteiger partial charge in [0.15, 0.2) is 0 Å². The molecule has 39 heavy (non-hydrogen) atoms. The van der Waals surface area contributed by atoms with Gasteiger partial charge < -0.3 is 10.6 Å². The first kappa shape index (κ1) is 27.7. The van der Waals surface area contributed by atoms with E-state index >= 15 is 0 Å². The van der Waals surface area contributed by atoms with E-state index in [4.69, 9.17) is 10.1 Å². The van der Waals surface area contributed by atoms with Crippen LogP contribution >= 0.6 is 0 Å². The van der Waals surface area contributed by atoms with Crippen LogP contribution in [0.25, 0.3) is 0 Å². The summed E-state index contributed by atoms with van der Waals surface area (Å²) in [6, 6.07) is 6.23. The van der Waals surface area contributed by atoms with Gasteiger partial charge in [0.25, 0.3) is 0 Å². The van der Waals surface area contributed by atoms with Gasteiger partial charge in [-0.25, -0.2) is 14.1 Å². The first-order valence-electron chi connectivity index (χ1n) is 14.1. The number of urea groups is 1. The number of nitrogens with one attached hydrogen (secondary N) is 2. The first-order chi connectivity index (χ1) is 18.6. The Balaban J connectivity index is 1.21. The highest BCUT2D eigenvalue weighted by Crippen LogP contribution is 2.44. The normalized spacial score (nSPS) is 19.6. The molecule has 1 fully saturated rings. The fourth-order valence-corrected chi connectivity index (χ4v) is 6.94. The smallest absolute Gasteiger partial charge is 0.354 e. The van der Waals surface area contributed by atoms with Crippen LogP contribution < -0.4 is 15.8 Å². The highest BCUT2D eigenvalue weighted by atomic mass is 32.2. The molecule has 1 unspecified atom stereocenters. The van der Waals surface area contributed by atoms with Crippen LogP contribution in [0.4, 0.5) is 10.5 Å². The Morgan fingerprint density at radius 1 is 1.05 bits per heavy atom. The molecule has 1 aliphatic heterocycles. The maximum Gasteiger partial charge on any atom is 0.354 e. The summed E-state index contributed by atoms with van der Waals surface area (Å²) in [4.78, 5) is 32.6. The van der Waals surface area contributed by atoms with Crippen LogP contribution in [-0.4, -0.2) is 52.2 Å². The minimum Gasteiger partial charge on any atom is -0.355 e. The SMILES string of the molecule is CC1(C)CCc2c1nc1c(c2NC(=O)N=S(N)(=O)c2ccc(CCNC(=O)CN3CCCCC3)cc2)CCC1. The molecule has 5 rings (SSSR count). The molecule has 10 heteroatoms. The van der Waals surface area contributed by atoms with Gasteiger partial charge in [0.1, 0.15) is 9.92 Å². The fourth-order valence-electron chi connectivity index (χ4n) is 6.01. The molecule has 0 saturated carbocycles. The zero-order chi connectivity index (χ0) is 27.6. The van der Waals surface area contributed by atoms with E-state index in [-0.39, 0.29) is 11.3 Å². The summed E-state index contributed by atoms with van der Waals surface area (Å²) in [5.41, 5.74) is 5.96. The number of anilines is 1. The van der Waals surface area contributed by atoms with Crippen LogP contribution in [0, 0.1) is 0 Å². The van der Waals surface area contributed by atoms with Gasteiger partial charge >= 0.3 is 6.03 Å². The summed E-state index contributed by atoms with van der Waals surface area (Å²) in [6.45, 7) is 7.31. The molecular weight excluding hydrogens is 512 g/mol. The monoisotopic (exact) mass is 552 g/mol. The minimum absolute atomic E-state index is 0.0388. The highest BCUT2D eigenvalue weighted by molar-refractivity contribution is 7.91. The molecule has 2 aromatic rings. The number of benzene rings is 1. The van der Waals surface area contributed by atoms with Gasteiger partial charge in [0.05, 0.1) is 22.8 Å². The number of carbonyl (C=O) groups excluding carboxylic acids is 2. The van der Waals surface area contributed by atoms with Crippen LogP contribution in [0.2, 0.25) is 0 Å². The van der Waals surface area contributed by atoms with Gasteiger partial charge in [-0.1, -0.05) is 32.4 Å². The standard InChI is InChI=1S/C29H40N6O3S/c1-29(2)15-13-23-26(22-7-6-8-24(22)32-27(23)29)33-28(37)34-39(30,38)21-11-9-20(10-12-21)14-16-31-25(36)19-35-17-4-3-5-18-35/h9-12H,3-8,13-19H2,1-2H3,(H,31,36)(H3,30,32,33,34,37,38). The number of nitrogens with zero attached hydrogens (tertiary/aromatic N) is 3. The lowest BCUT2D eigenvalue weighted by Gasteiger charge is -2.25. The lowest BCUT2D eigenvalue weighted by Crippen LogP contribution is -2.40. The Morgan fingerprint density at radius 3 is 2.54 bits per heavy atom. The Bertz CT molecular complexity index is 1370. The lowest BCUT2D eigenvalue weighted by molar-refractivity contribution is -0.122. The van der Waals surface area contributed by atoms with Gasteiger partial charge in [-0.05, 0) is 93.3 Å². The minimum atomic E-state index is -3.43. The van der Waals surface area contributed by atoms with Crippen molar-refractivity contribution in [2.75, 3.05) is 31.5 Å². The van der Waals surface area contributed by atoms with Crippen molar-refractivity contribution >= 4 is 27.5 Å². The molecule has 2 heterocycles. The topological polar surface area (TPSA) is 130 Å². The zero-order valence-corrected chi connectivity index (χ0v) is 23.9. The van der Waals surface area contributed by atoms with Crippen molar-refractivity contribution in [2.24, 2.45) is 9.50 Å². The van der Waals surface area contributed by atoms with Crippen molar-refractivity contribution in [1.29, 1.82) is 0 Å². The average molecular weight is 553 g/mol. The molecule has 1 saturated heterocycles. The predicted octanol–water partition coefficient (Wildman–Crippen LogP) is 3.87. The highest BCUT2D eigenvalue weighted by Gasteiger charge is 2.36. The van der Waals surface area contributed by atoms with Gasteiger partial charge in [0.2, 0.25) is 5.91 Å². The summed E-state index contributed by atoms with van der Waals surface area (Å²) < 4.78 is 17.1. The maximum absolute atomic E-state index is 13.2. The molecular formula is C29H40N6O3S. The van der Waals surface area contributed by atoms with E-state index in [2.05, 4.69) is 33.7 Å².